The van der Waals surface area contributed by atoms with Gasteiger partial charge in [0.15, 0.2) is 0 Å². The molecule has 0 aliphatic carbocycles. The molecule has 0 fully saturated rings. The Hall–Kier alpha value is -0.850. The second kappa shape index (κ2) is 4.57. The molecular formula is C9H12ClFN2O2S. The summed E-state index contributed by atoms with van der Waals surface area (Å²) in [6, 6.07) is 1.60. The molecule has 1 aromatic carbocycles. The van der Waals surface area contributed by atoms with E-state index in [0.29, 0.717) is 0 Å². The third kappa shape index (κ3) is 2.84. The number of benzene rings is 1. The van der Waals surface area contributed by atoms with Crippen molar-refractivity contribution in [3.8, 4) is 0 Å². The molecule has 1 rings (SSSR count). The summed E-state index contributed by atoms with van der Waals surface area (Å²) >= 11 is 5.65. The van der Waals surface area contributed by atoms with Crippen molar-refractivity contribution in [2.45, 2.75) is 24.8 Å². The lowest BCUT2D eigenvalue weighted by molar-refractivity contribution is 0.569. The lowest BCUT2D eigenvalue weighted by atomic mass is 10.3. The van der Waals surface area contributed by atoms with E-state index in [9.17, 15) is 12.8 Å². The Morgan fingerprint density at radius 1 is 1.44 bits per heavy atom. The lowest BCUT2D eigenvalue weighted by Crippen LogP contribution is -2.30. The van der Waals surface area contributed by atoms with Gasteiger partial charge >= 0.3 is 0 Å². The van der Waals surface area contributed by atoms with Crippen LogP contribution in [0.1, 0.15) is 13.8 Å². The van der Waals surface area contributed by atoms with Crippen molar-refractivity contribution in [2.75, 3.05) is 5.73 Å². The van der Waals surface area contributed by atoms with E-state index in [4.69, 9.17) is 17.3 Å². The maximum atomic E-state index is 13.0. The molecule has 0 saturated carbocycles. The lowest BCUT2D eigenvalue weighted by Gasteiger charge is -2.11. The number of halogens is 2. The third-order valence-corrected chi connectivity index (χ3v) is 3.85. The molecule has 0 bridgehead atoms. The van der Waals surface area contributed by atoms with E-state index in [0.717, 1.165) is 12.1 Å². The fourth-order valence-corrected chi connectivity index (χ4v) is 2.92. The van der Waals surface area contributed by atoms with Crippen LogP contribution in [0.4, 0.5) is 10.1 Å². The smallest absolute Gasteiger partial charge is 0.242 e. The van der Waals surface area contributed by atoms with Crippen molar-refractivity contribution in [1.29, 1.82) is 0 Å². The van der Waals surface area contributed by atoms with Crippen molar-refractivity contribution in [3.63, 3.8) is 0 Å². The summed E-state index contributed by atoms with van der Waals surface area (Å²) in [5.41, 5.74) is 5.04. The van der Waals surface area contributed by atoms with Gasteiger partial charge in [0.25, 0.3) is 0 Å². The summed E-state index contributed by atoms with van der Waals surface area (Å²) < 4.78 is 38.8. The first kappa shape index (κ1) is 13.2. The summed E-state index contributed by atoms with van der Waals surface area (Å²) in [4.78, 5) is -0.221. The SMILES string of the molecule is CC(C)NS(=O)(=O)c1cc(N)c(F)cc1Cl. The number of hydrogen-bond acceptors (Lipinski definition) is 3. The molecule has 0 unspecified atom stereocenters. The first-order valence-electron chi connectivity index (χ1n) is 4.51. The fourth-order valence-electron chi connectivity index (χ4n) is 1.12. The highest BCUT2D eigenvalue weighted by atomic mass is 35.5. The zero-order valence-electron chi connectivity index (χ0n) is 8.79. The van der Waals surface area contributed by atoms with Crippen molar-refractivity contribution in [2.24, 2.45) is 0 Å². The third-order valence-electron chi connectivity index (χ3n) is 1.73. The number of nitrogen functional groups attached to an aromatic ring is 1. The maximum absolute atomic E-state index is 13.0. The number of sulfonamides is 1. The molecular weight excluding hydrogens is 255 g/mol. The standard InChI is InChI=1S/C9H12ClFN2O2S/c1-5(2)13-16(14,15)9-4-8(12)7(11)3-6(9)10/h3-5,13H,12H2,1-2H3. The predicted molar refractivity (Wildman–Crippen MR) is 61.3 cm³/mol. The van der Waals surface area contributed by atoms with Crippen molar-refractivity contribution in [3.05, 3.63) is 23.0 Å². The van der Waals surface area contributed by atoms with E-state index in [1.807, 2.05) is 0 Å². The normalized spacial score (nSPS) is 12.1. The molecule has 16 heavy (non-hydrogen) atoms. The van der Waals surface area contributed by atoms with Crippen LogP contribution >= 0.6 is 11.6 Å². The summed E-state index contributed by atoms with van der Waals surface area (Å²) in [6.45, 7) is 3.33. The minimum Gasteiger partial charge on any atom is -0.396 e. The van der Waals surface area contributed by atoms with E-state index in [-0.39, 0.29) is 21.6 Å². The van der Waals surface area contributed by atoms with Crippen LogP contribution in [0.15, 0.2) is 17.0 Å². The van der Waals surface area contributed by atoms with Crippen LogP contribution in [0.3, 0.4) is 0 Å². The van der Waals surface area contributed by atoms with Gasteiger partial charge in [0.2, 0.25) is 10.0 Å². The van der Waals surface area contributed by atoms with E-state index in [1.54, 1.807) is 13.8 Å². The van der Waals surface area contributed by atoms with Crippen molar-refractivity contribution < 1.29 is 12.8 Å². The van der Waals surface area contributed by atoms with Crippen LogP contribution in [-0.4, -0.2) is 14.5 Å². The molecule has 0 spiro atoms. The molecule has 4 nitrogen and oxygen atoms in total. The number of nitrogens with one attached hydrogen (secondary N) is 1. The summed E-state index contributed by atoms with van der Waals surface area (Å²) in [5, 5.41) is -0.195. The van der Waals surface area contributed by atoms with Gasteiger partial charge in [-0.25, -0.2) is 17.5 Å². The van der Waals surface area contributed by atoms with E-state index < -0.39 is 15.8 Å². The van der Waals surface area contributed by atoms with Crippen LogP contribution in [0.5, 0.6) is 0 Å². The molecule has 0 aliphatic heterocycles. The topological polar surface area (TPSA) is 72.2 Å². The molecule has 7 heteroatoms. The van der Waals surface area contributed by atoms with Crippen LogP contribution in [0.2, 0.25) is 5.02 Å². The van der Waals surface area contributed by atoms with Gasteiger partial charge in [0.1, 0.15) is 10.7 Å². The highest BCUT2D eigenvalue weighted by Gasteiger charge is 2.20. The van der Waals surface area contributed by atoms with Gasteiger partial charge in [-0.15, -0.1) is 0 Å². The molecule has 90 valence electrons. The Morgan fingerprint density at radius 3 is 2.50 bits per heavy atom. The highest BCUT2D eigenvalue weighted by molar-refractivity contribution is 7.89. The van der Waals surface area contributed by atoms with Gasteiger partial charge in [-0.05, 0) is 26.0 Å². The minimum absolute atomic E-state index is 0.195. The first-order chi connectivity index (χ1) is 7.24. The van der Waals surface area contributed by atoms with Crippen LogP contribution in [-0.2, 0) is 10.0 Å². The second-order valence-electron chi connectivity index (χ2n) is 3.58. The average Bonchev–Trinajstić information content (AvgIpc) is 2.08. The van der Waals surface area contributed by atoms with Crippen LogP contribution in [0, 0.1) is 5.82 Å². The molecule has 0 amide bonds. The van der Waals surface area contributed by atoms with Gasteiger partial charge in [-0.1, -0.05) is 11.6 Å². The van der Waals surface area contributed by atoms with Crippen molar-refractivity contribution >= 4 is 27.3 Å². The second-order valence-corrected chi connectivity index (χ2v) is 5.67. The number of anilines is 1. The molecule has 0 radical (unpaired) electrons. The highest BCUT2D eigenvalue weighted by Crippen LogP contribution is 2.26. The Bertz CT molecular complexity index is 502. The summed E-state index contributed by atoms with van der Waals surface area (Å²) in [7, 11) is -3.76. The Labute approximate surface area is 98.6 Å². The Balaban J connectivity index is 3.29. The summed E-state index contributed by atoms with van der Waals surface area (Å²) in [6.07, 6.45) is 0. The Kier molecular flexibility index (Phi) is 3.77. The van der Waals surface area contributed by atoms with Gasteiger partial charge in [-0.3, -0.25) is 0 Å². The molecule has 3 N–H and O–H groups in total. The molecule has 1 aromatic rings. The van der Waals surface area contributed by atoms with E-state index >= 15 is 0 Å². The monoisotopic (exact) mass is 266 g/mol. The average molecular weight is 267 g/mol. The molecule has 0 aromatic heterocycles. The Morgan fingerprint density at radius 2 is 2.00 bits per heavy atom. The molecule has 0 saturated heterocycles. The minimum atomic E-state index is -3.76. The van der Waals surface area contributed by atoms with Crippen LogP contribution in [0.25, 0.3) is 0 Å². The number of rotatable bonds is 3. The van der Waals surface area contributed by atoms with E-state index in [2.05, 4.69) is 4.72 Å². The van der Waals surface area contributed by atoms with E-state index in [1.165, 1.54) is 0 Å². The quantitative estimate of drug-likeness (QED) is 0.819. The summed E-state index contributed by atoms with van der Waals surface area (Å²) in [5.74, 6) is -0.742. The van der Waals surface area contributed by atoms with Gasteiger partial charge < -0.3 is 5.73 Å². The zero-order valence-corrected chi connectivity index (χ0v) is 10.4. The number of hydrogen-bond donors (Lipinski definition) is 2. The molecule has 0 aliphatic rings. The van der Waals surface area contributed by atoms with Crippen LogP contribution < -0.4 is 10.5 Å². The predicted octanol–water partition coefficient (Wildman–Crippen LogP) is 1.75. The largest absolute Gasteiger partial charge is 0.396 e. The number of nitrogens with two attached hydrogens (primary N) is 1. The molecule has 0 heterocycles. The van der Waals surface area contributed by atoms with Gasteiger partial charge in [0.05, 0.1) is 10.7 Å². The maximum Gasteiger partial charge on any atom is 0.242 e. The van der Waals surface area contributed by atoms with Gasteiger partial charge in [-0.2, -0.15) is 0 Å². The fraction of sp³-hybridized carbons (Fsp3) is 0.333. The molecule has 0 atom stereocenters. The zero-order chi connectivity index (χ0) is 12.5. The van der Waals surface area contributed by atoms with Crippen molar-refractivity contribution in [1.82, 2.24) is 4.72 Å². The first-order valence-corrected chi connectivity index (χ1v) is 6.37. The van der Waals surface area contributed by atoms with Gasteiger partial charge in [0, 0.05) is 6.04 Å².